The number of anilines is 1. The van der Waals surface area contributed by atoms with Crippen LogP contribution in [0.5, 0.6) is 0 Å². The van der Waals surface area contributed by atoms with Crippen molar-refractivity contribution in [2.45, 2.75) is 13.0 Å². The molecule has 0 spiro atoms. The third-order valence-corrected chi connectivity index (χ3v) is 2.70. The van der Waals surface area contributed by atoms with E-state index in [4.69, 9.17) is 5.73 Å². The second-order valence-electron chi connectivity index (χ2n) is 4.29. The first-order valence-electron chi connectivity index (χ1n) is 5.70. The minimum absolute atomic E-state index is 0.108. The van der Waals surface area contributed by atoms with Crippen LogP contribution in [0.4, 0.5) is 5.69 Å². The van der Waals surface area contributed by atoms with Gasteiger partial charge in [-0.05, 0) is 24.6 Å². The Kier molecular flexibility index (Phi) is 3.32. The number of nitrogens with one attached hydrogen (secondary N) is 1. The number of benzene rings is 1. The summed E-state index contributed by atoms with van der Waals surface area (Å²) in [4.78, 5) is 15.9. The molecule has 1 amide bonds. The Labute approximate surface area is 106 Å². The molecular formula is C13H16N4O. The largest absolute Gasteiger partial charge is 0.399 e. The summed E-state index contributed by atoms with van der Waals surface area (Å²) in [5.74, 6) is -0.189. The first-order valence-corrected chi connectivity index (χ1v) is 5.70. The number of nitrogen functional groups attached to an aromatic ring is 1. The highest BCUT2D eigenvalue weighted by Crippen LogP contribution is 2.15. The van der Waals surface area contributed by atoms with Gasteiger partial charge >= 0.3 is 0 Å². The number of amides is 1. The average Bonchev–Trinajstić information content (AvgIpc) is 2.76. The molecule has 0 fully saturated rings. The predicted molar refractivity (Wildman–Crippen MR) is 69.9 cm³/mol. The lowest BCUT2D eigenvalue weighted by atomic mass is 10.1. The van der Waals surface area contributed by atoms with E-state index in [1.807, 2.05) is 38.2 Å². The Balaban J connectivity index is 2.07. The highest BCUT2D eigenvalue weighted by atomic mass is 16.1. The monoisotopic (exact) mass is 244 g/mol. The maximum absolute atomic E-state index is 11.9. The van der Waals surface area contributed by atoms with Gasteiger partial charge in [0.15, 0.2) is 0 Å². The van der Waals surface area contributed by atoms with E-state index >= 15 is 0 Å². The lowest BCUT2D eigenvalue weighted by Gasteiger charge is -2.13. The molecule has 5 nitrogen and oxygen atoms in total. The predicted octanol–water partition coefficient (Wildman–Crippen LogP) is 1.49. The van der Waals surface area contributed by atoms with Gasteiger partial charge in [0.25, 0.3) is 5.91 Å². The molecule has 94 valence electrons. The van der Waals surface area contributed by atoms with Crippen molar-refractivity contribution < 1.29 is 4.79 Å². The molecule has 0 aliphatic rings. The van der Waals surface area contributed by atoms with Gasteiger partial charge in [0, 0.05) is 18.9 Å². The number of aromatic nitrogens is 2. The van der Waals surface area contributed by atoms with Crippen LogP contribution in [-0.2, 0) is 7.05 Å². The molecule has 0 aliphatic carbocycles. The molecule has 1 atom stereocenters. The Morgan fingerprint density at radius 2 is 2.28 bits per heavy atom. The van der Waals surface area contributed by atoms with Crippen molar-refractivity contribution in [3.63, 3.8) is 0 Å². The Morgan fingerprint density at radius 1 is 1.50 bits per heavy atom. The summed E-state index contributed by atoms with van der Waals surface area (Å²) in [7, 11) is 1.82. The van der Waals surface area contributed by atoms with Crippen molar-refractivity contribution >= 4 is 11.6 Å². The third kappa shape index (κ3) is 2.68. The molecule has 0 aliphatic heterocycles. The number of hydrogen-bond donors (Lipinski definition) is 2. The third-order valence-electron chi connectivity index (χ3n) is 2.70. The summed E-state index contributed by atoms with van der Waals surface area (Å²) in [6.45, 7) is 1.91. The summed E-state index contributed by atoms with van der Waals surface area (Å²) < 4.78 is 1.74. The van der Waals surface area contributed by atoms with Crippen LogP contribution in [0.3, 0.4) is 0 Å². The molecule has 0 radical (unpaired) electrons. The van der Waals surface area contributed by atoms with Crippen molar-refractivity contribution in [3.05, 3.63) is 48.0 Å². The topological polar surface area (TPSA) is 72.9 Å². The Morgan fingerprint density at radius 3 is 2.89 bits per heavy atom. The normalized spacial score (nSPS) is 12.1. The fourth-order valence-electron chi connectivity index (χ4n) is 1.71. The van der Waals surface area contributed by atoms with Gasteiger partial charge in [-0.15, -0.1) is 0 Å². The van der Waals surface area contributed by atoms with Crippen LogP contribution in [-0.4, -0.2) is 15.5 Å². The fraction of sp³-hybridized carbons (Fsp3) is 0.231. The molecule has 2 aromatic rings. The number of rotatable bonds is 3. The number of hydrogen-bond acceptors (Lipinski definition) is 3. The summed E-state index contributed by atoms with van der Waals surface area (Å²) in [5, 5.41) is 2.88. The molecule has 18 heavy (non-hydrogen) atoms. The van der Waals surface area contributed by atoms with E-state index in [0.717, 1.165) is 5.56 Å². The van der Waals surface area contributed by atoms with Gasteiger partial charge in [-0.3, -0.25) is 4.79 Å². The van der Waals surface area contributed by atoms with Crippen molar-refractivity contribution in [1.29, 1.82) is 0 Å². The number of nitrogens with two attached hydrogens (primary N) is 1. The number of imidazole rings is 1. The van der Waals surface area contributed by atoms with Gasteiger partial charge in [-0.2, -0.15) is 0 Å². The van der Waals surface area contributed by atoms with Crippen LogP contribution < -0.4 is 11.1 Å². The summed E-state index contributed by atoms with van der Waals surface area (Å²) >= 11 is 0. The van der Waals surface area contributed by atoms with Crippen molar-refractivity contribution in [2.24, 2.45) is 7.05 Å². The quantitative estimate of drug-likeness (QED) is 0.803. The van der Waals surface area contributed by atoms with Gasteiger partial charge in [0.05, 0.1) is 12.4 Å². The molecule has 0 saturated heterocycles. The van der Waals surface area contributed by atoms with Crippen molar-refractivity contribution in [1.82, 2.24) is 14.9 Å². The second-order valence-corrected chi connectivity index (χ2v) is 4.29. The van der Waals surface area contributed by atoms with Crippen LogP contribution in [0, 0.1) is 0 Å². The van der Waals surface area contributed by atoms with Crippen LogP contribution in [0.1, 0.15) is 29.0 Å². The Hall–Kier alpha value is -2.30. The molecule has 1 unspecified atom stereocenters. The zero-order chi connectivity index (χ0) is 13.1. The minimum atomic E-state index is -0.189. The molecule has 5 heteroatoms. The van der Waals surface area contributed by atoms with Gasteiger partial charge in [-0.1, -0.05) is 12.1 Å². The van der Waals surface area contributed by atoms with Gasteiger partial charge in [0.2, 0.25) is 0 Å². The molecule has 3 N–H and O–H groups in total. The fourth-order valence-corrected chi connectivity index (χ4v) is 1.71. The molecule has 0 saturated carbocycles. The van der Waals surface area contributed by atoms with E-state index in [1.54, 1.807) is 17.1 Å². The molecule has 1 aromatic heterocycles. The van der Waals surface area contributed by atoms with E-state index in [-0.39, 0.29) is 11.9 Å². The van der Waals surface area contributed by atoms with E-state index in [1.165, 1.54) is 0 Å². The van der Waals surface area contributed by atoms with Gasteiger partial charge in [0.1, 0.15) is 5.69 Å². The highest BCUT2D eigenvalue weighted by molar-refractivity contribution is 5.92. The van der Waals surface area contributed by atoms with E-state index < -0.39 is 0 Å². The standard InChI is InChI=1S/C13H16N4O/c1-9(10-4-3-5-11(14)6-10)16-13(18)12-7-17(2)8-15-12/h3-9H,14H2,1-2H3,(H,16,18). The van der Waals surface area contributed by atoms with Crippen molar-refractivity contribution in [2.75, 3.05) is 5.73 Å². The molecule has 2 rings (SSSR count). The summed E-state index contributed by atoms with van der Waals surface area (Å²) in [6.07, 6.45) is 3.28. The first kappa shape index (κ1) is 12.2. The molecule has 1 aromatic carbocycles. The van der Waals surface area contributed by atoms with E-state index in [0.29, 0.717) is 11.4 Å². The lowest BCUT2D eigenvalue weighted by molar-refractivity contribution is 0.0935. The maximum Gasteiger partial charge on any atom is 0.271 e. The van der Waals surface area contributed by atoms with E-state index in [9.17, 15) is 4.79 Å². The highest BCUT2D eigenvalue weighted by Gasteiger charge is 2.13. The van der Waals surface area contributed by atoms with Crippen LogP contribution >= 0.6 is 0 Å². The second kappa shape index (κ2) is 4.91. The smallest absolute Gasteiger partial charge is 0.271 e. The number of nitrogens with zero attached hydrogens (tertiary/aromatic N) is 2. The van der Waals surface area contributed by atoms with Crippen molar-refractivity contribution in [3.8, 4) is 0 Å². The zero-order valence-electron chi connectivity index (χ0n) is 10.4. The maximum atomic E-state index is 11.9. The molecular weight excluding hydrogens is 228 g/mol. The minimum Gasteiger partial charge on any atom is -0.399 e. The van der Waals surface area contributed by atoms with Crippen LogP contribution in [0.15, 0.2) is 36.8 Å². The van der Waals surface area contributed by atoms with Gasteiger partial charge < -0.3 is 15.6 Å². The zero-order valence-corrected chi connectivity index (χ0v) is 10.4. The van der Waals surface area contributed by atoms with Crippen LogP contribution in [0.25, 0.3) is 0 Å². The SMILES string of the molecule is CC(NC(=O)c1cn(C)cn1)c1cccc(N)c1. The number of carbonyl (C=O) groups is 1. The summed E-state index contributed by atoms with van der Waals surface area (Å²) in [6, 6.07) is 7.36. The van der Waals surface area contributed by atoms with Crippen LogP contribution in [0.2, 0.25) is 0 Å². The lowest BCUT2D eigenvalue weighted by Crippen LogP contribution is -2.27. The summed E-state index contributed by atoms with van der Waals surface area (Å²) in [5.41, 5.74) is 7.78. The van der Waals surface area contributed by atoms with Gasteiger partial charge in [-0.25, -0.2) is 4.98 Å². The number of carbonyl (C=O) groups excluding carboxylic acids is 1. The molecule has 1 heterocycles. The molecule has 0 bridgehead atoms. The average molecular weight is 244 g/mol. The number of aryl methyl sites for hydroxylation is 1. The Bertz CT molecular complexity index is 562. The first-order chi connectivity index (χ1) is 8.56. The van der Waals surface area contributed by atoms with E-state index in [2.05, 4.69) is 10.3 Å².